The van der Waals surface area contributed by atoms with Crippen molar-refractivity contribution in [3.63, 3.8) is 0 Å². The smallest absolute Gasteiger partial charge is 0.147 e. The minimum atomic E-state index is -2.77. The lowest BCUT2D eigenvalue weighted by Crippen LogP contribution is -2.40. The fourth-order valence-electron chi connectivity index (χ4n) is 2.29. The summed E-state index contributed by atoms with van der Waals surface area (Å²) in [6.45, 7) is 4.18. The van der Waals surface area contributed by atoms with Gasteiger partial charge in [0.25, 0.3) is 0 Å². The molecule has 0 aliphatic heterocycles. The third-order valence-corrected chi connectivity index (χ3v) is 4.42. The summed E-state index contributed by atoms with van der Waals surface area (Å²) in [5, 5.41) is 3.39. The predicted octanol–water partition coefficient (Wildman–Crippen LogP) is 1.59. The second-order valence-corrected chi connectivity index (χ2v) is 7.13. The Morgan fingerprint density at radius 1 is 1.33 bits per heavy atom. The van der Waals surface area contributed by atoms with Crippen LogP contribution >= 0.6 is 0 Å². The van der Waals surface area contributed by atoms with E-state index in [1.165, 1.54) is 25.5 Å². The molecule has 1 N–H and O–H groups in total. The van der Waals surface area contributed by atoms with E-state index < -0.39 is 9.84 Å². The van der Waals surface area contributed by atoms with Crippen LogP contribution in [0.4, 0.5) is 0 Å². The van der Waals surface area contributed by atoms with Gasteiger partial charge in [-0.05, 0) is 37.6 Å². The molecule has 0 unspecified atom stereocenters. The molecule has 4 heteroatoms. The van der Waals surface area contributed by atoms with E-state index in [0.717, 1.165) is 25.9 Å². The lowest BCUT2D eigenvalue weighted by Gasteiger charge is -2.42. The largest absolute Gasteiger partial charge is 0.316 e. The first-order valence-electron chi connectivity index (χ1n) is 5.86. The topological polar surface area (TPSA) is 46.2 Å². The van der Waals surface area contributed by atoms with Gasteiger partial charge in [0.1, 0.15) is 9.84 Å². The molecule has 0 saturated heterocycles. The van der Waals surface area contributed by atoms with E-state index >= 15 is 0 Å². The van der Waals surface area contributed by atoms with Crippen LogP contribution in [-0.2, 0) is 9.84 Å². The zero-order valence-corrected chi connectivity index (χ0v) is 10.7. The number of nitrogens with one attached hydrogen (secondary N) is 1. The summed E-state index contributed by atoms with van der Waals surface area (Å²) in [5.74, 6) is 0.348. The van der Waals surface area contributed by atoms with E-state index in [4.69, 9.17) is 0 Å². The van der Waals surface area contributed by atoms with Crippen molar-refractivity contribution in [1.29, 1.82) is 0 Å². The van der Waals surface area contributed by atoms with Gasteiger partial charge in [0.2, 0.25) is 0 Å². The molecule has 90 valence electrons. The molecular weight excluding hydrogens is 210 g/mol. The Labute approximate surface area is 93.6 Å². The normalized spacial score (nSPS) is 19.9. The molecule has 3 nitrogen and oxygen atoms in total. The van der Waals surface area contributed by atoms with Crippen LogP contribution in [-0.4, -0.2) is 33.5 Å². The lowest BCUT2D eigenvalue weighted by molar-refractivity contribution is 0.117. The van der Waals surface area contributed by atoms with Gasteiger partial charge >= 0.3 is 0 Å². The maximum absolute atomic E-state index is 11.0. The Morgan fingerprint density at radius 3 is 2.40 bits per heavy atom. The van der Waals surface area contributed by atoms with Crippen LogP contribution in [0.15, 0.2) is 0 Å². The van der Waals surface area contributed by atoms with Crippen LogP contribution in [0.25, 0.3) is 0 Å². The molecule has 0 aromatic rings. The van der Waals surface area contributed by atoms with Gasteiger partial charge in [-0.2, -0.15) is 0 Å². The first-order chi connectivity index (χ1) is 6.97. The van der Waals surface area contributed by atoms with Crippen LogP contribution in [0, 0.1) is 5.41 Å². The lowest BCUT2D eigenvalue weighted by atomic mass is 9.66. The molecule has 1 rings (SSSR count). The van der Waals surface area contributed by atoms with Crippen LogP contribution in [0.2, 0.25) is 0 Å². The molecule has 1 aliphatic carbocycles. The minimum absolute atomic E-state index is 0.348. The maximum Gasteiger partial charge on any atom is 0.147 e. The van der Waals surface area contributed by atoms with Gasteiger partial charge in [0.05, 0.1) is 0 Å². The van der Waals surface area contributed by atoms with Gasteiger partial charge in [-0.3, -0.25) is 0 Å². The standard InChI is InChI=1S/C11H23NO2S/c1-3-12-10-11(6-4-7-11)8-5-9-15(2,13)14/h12H,3-10H2,1-2H3. The monoisotopic (exact) mass is 233 g/mol. The van der Waals surface area contributed by atoms with Gasteiger partial charge in [0.15, 0.2) is 0 Å². The molecular formula is C11H23NO2S. The highest BCUT2D eigenvalue weighted by Gasteiger charge is 2.35. The summed E-state index contributed by atoms with van der Waals surface area (Å²) >= 11 is 0. The number of hydrogen-bond acceptors (Lipinski definition) is 3. The minimum Gasteiger partial charge on any atom is -0.316 e. The summed E-state index contributed by atoms with van der Waals surface area (Å²) in [7, 11) is -2.77. The van der Waals surface area contributed by atoms with Crippen molar-refractivity contribution in [1.82, 2.24) is 5.32 Å². The Hall–Kier alpha value is -0.0900. The highest BCUT2D eigenvalue weighted by molar-refractivity contribution is 7.90. The molecule has 15 heavy (non-hydrogen) atoms. The van der Waals surface area contributed by atoms with Crippen molar-refractivity contribution in [2.45, 2.75) is 39.0 Å². The third kappa shape index (κ3) is 4.51. The molecule has 0 spiro atoms. The molecule has 0 heterocycles. The molecule has 0 amide bonds. The van der Waals surface area contributed by atoms with E-state index in [2.05, 4.69) is 12.2 Å². The number of hydrogen-bond donors (Lipinski definition) is 1. The number of sulfone groups is 1. The molecule has 0 radical (unpaired) electrons. The van der Waals surface area contributed by atoms with E-state index in [-0.39, 0.29) is 0 Å². The second-order valence-electron chi connectivity index (χ2n) is 4.87. The average Bonchev–Trinajstić information content (AvgIpc) is 2.06. The molecule has 1 fully saturated rings. The second kappa shape index (κ2) is 5.30. The van der Waals surface area contributed by atoms with Crippen LogP contribution < -0.4 is 5.32 Å². The van der Waals surface area contributed by atoms with Crippen LogP contribution in [0.3, 0.4) is 0 Å². The van der Waals surface area contributed by atoms with E-state index in [0.29, 0.717) is 11.2 Å². The summed E-state index contributed by atoms with van der Waals surface area (Å²) in [4.78, 5) is 0. The Balaban J connectivity index is 2.27. The van der Waals surface area contributed by atoms with Gasteiger partial charge in [0, 0.05) is 18.6 Å². The summed E-state index contributed by atoms with van der Waals surface area (Å²) < 4.78 is 22.0. The van der Waals surface area contributed by atoms with Crippen molar-refractivity contribution < 1.29 is 8.42 Å². The zero-order valence-electron chi connectivity index (χ0n) is 9.88. The van der Waals surface area contributed by atoms with Gasteiger partial charge in [-0.15, -0.1) is 0 Å². The fourth-order valence-corrected chi connectivity index (χ4v) is 2.96. The molecule has 0 aromatic carbocycles. The first-order valence-corrected chi connectivity index (χ1v) is 7.92. The van der Waals surface area contributed by atoms with E-state index in [1.807, 2.05) is 0 Å². The van der Waals surface area contributed by atoms with Gasteiger partial charge < -0.3 is 5.32 Å². The Morgan fingerprint density at radius 2 is 2.00 bits per heavy atom. The number of rotatable bonds is 7. The molecule has 0 atom stereocenters. The van der Waals surface area contributed by atoms with Crippen molar-refractivity contribution in [3.05, 3.63) is 0 Å². The van der Waals surface area contributed by atoms with E-state index in [9.17, 15) is 8.42 Å². The first kappa shape index (κ1) is 13.0. The third-order valence-electron chi connectivity index (χ3n) is 3.39. The highest BCUT2D eigenvalue weighted by Crippen LogP contribution is 2.44. The van der Waals surface area contributed by atoms with Gasteiger partial charge in [-0.25, -0.2) is 8.42 Å². The van der Waals surface area contributed by atoms with Gasteiger partial charge in [-0.1, -0.05) is 13.3 Å². The summed E-state index contributed by atoms with van der Waals surface area (Å²) in [6, 6.07) is 0. The van der Waals surface area contributed by atoms with Crippen molar-refractivity contribution in [2.75, 3.05) is 25.1 Å². The Bertz CT molecular complexity index is 281. The SMILES string of the molecule is CCNCC1(CCCS(C)(=O)=O)CCC1. The molecule has 0 bridgehead atoms. The average molecular weight is 233 g/mol. The predicted molar refractivity (Wildman–Crippen MR) is 63.8 cm³/mol. The van der Waals surface area contributed by atoms with Crippen LogP contribution in [0.5, 0.6) is 0 Å². The van der Waals surface area contributed by atoms with Crippen molar-refractivity contribution in [3.8, 4) is 0 Å². The highest BCUT2D eigenvalue weighted by atomic mass is 32.2. The zero-order chi connectivity index (χ0) is 11.4. The maximum atomic E-state index is 11.0. The quantitative estimate of drug-likeness (QED) is 0.726. The van der Waals surface area contributed by atoms with Crippen molar-refractivity contribution >= 4 is 9.84 Å². The fraction of sp³-hybridized carbons (Fsp3) is 1.00. The van der Waals surface area contributed by atoms with E-state index in [1.54, 1.807) is 0 Å². The summed E-state index contributed by atoms with van der Waals surface area (Å²) in [6.07, 6.45) is 7.06. The van der Waals surface area contributed by atoms with Crippen LogP contribution in [0.1, 0.15) is 39.0 Å². The molecule has 1 saturated carbocycles. The Kier molecular flexibility index (Phi) is 4.59. The summed E-state index contributed by atoms with van der Waals surface area (Å²) in [5.41, 5.74) is 0.417. The molecule has 0 aromatic heterocycles. The van der Waals surface area contributed by atoms with Crippen molar-refractivity contribution in [2.24, 2.45) is 5.41 Å². The molecule has 1 aliphatic rings.